The van der Waals surface area contributed by atoms with Gasteiger partial charge < -0.3 is 9.13 Å². The molecule has 0 atom stereocenters. The van der Waals surface area contributed by atoms with E-state index in [0.29, 0.717) is 0 Å². The van der Waals surface area contributed by atoms with Crippen LogP contribution in [0.2, 0.25) is 0 Å². The molecule has 6 heteroatoms. The van der Waals surface area contributed by atoms with Gasteiger partial charge in [-0.3, -0.25) is 19.9 Å². The standard InChI is InChI=1S/2C46H29N3/c1-2-11-32-28-33(20-19-30(32)10-1)44-38-15-5-3-13-36(38)43(37-14-4-6-16-39(37)44)31-21-23-35(24-22-31)49-41-18-8-7-17-40(41)45-42(49)25-27-48-46(45)34-12-9-26-47-29-34;1-2-8-33-27-35(14-13-30(33)7-1)46-39-11-5-3-9-37(39)45(38-10-4-6-12-40(38)46)32-15-18-36(19-16-32)49-43-20-17-34(31-21-24-47-25-22-31)28-41(43)42-29-48-26-23-44(42)49/h2*1-29H. The Kier molecular flexibility index (Phi) is 13.5. The van der Waals surface area contributed by atoms with Crippen LogP contribution in [0.4, 0.5) is 0 Å². The second kappa shape index (κ2) is 23.4. The summed E-state index contributed by atoms with van der Waals surface area (Å²) in [6.45, 7) is 0. The van der Waals surface area contributed by atoms with Gasteiger partial charge in [-0.05, 0) is 211 Å². The van der Waals surface area contributed by atoms with Crippen LogP contribution in [0.25, 0.3) is 187 Å². The number of pyridine rings is 4. The SMILES string of the molecule is c1ccc2cc(-c3c4ccccc4c(-c4ccc(-n5c6ccncc6c6cc(-c7ccncc7)ccc65)cc4)c4ccccc34)ccc2c1.c1cncc(-c2nccc3c2c2ccccc2n3-c2ccc(-c3c4ccccc4c(-c4ccc5ccccc5c4)c4ccccc34)cc2)c1. The summed E-state index contributed by atoms with van der Waals surface area (Å²) >= 11 is 0. The zero-order valence-corrected chi connectivity index (χ0v) is 53.2. The summed E-state index contributed by atoms with van der Waals surface area (Å²) in [4.78, 5) is 17.9. The van der Waals surface area contributed by atoms with Crippen molar-refractivity contribution in [3.63, 3.8) is 0 Å². The van der Waals surface area contributed by atoms with Gasteiger partial charge in [0.1, 0.15) is 0 Å². The van der Waals surface area contributed by atoms with Gasteiger partial charge in [0.25, 0.3) is 0 Å². The van der Waals surface area contributed by atoms with E-state index in [1.165, 1.54) is 125 Å². The average molecular weight is 1250 g/mol. The average Bonchev–Trinajstić information content (AvgIpc) is 0.943. The molecule has 20 rings (SSSR count). The summed E-state index contributed by atoms with van der Waals surface area (Å²) in [7, 11) is 0. The van der Waals surface area contributed by atoms with Crippen molar-refractivity contribution in [2.75, 3.05) is 0 Å². The molecular weight excluding hydrogens is 1190 g/mol. The van der Waals surface area contributed by atoms with E-state index in [4.69, 9.17) is 4.98 Å². The van der Waals surface area contributed by atoms with Crippen LogP contribution in [0.3, 0.4) is 0 Å². The van der Waals surface area contributed by atoms with Crippen LogP contribution in [-0.2, 0) is 0 Å². The second-order valence-corrected chi connectivity index (χ2v) is 25.2. The van der Waals surface area contributed by atoms with Crippen LogP contribution in [-0.4, -0.2) is 29.1 Å². The van der Waals surface area contributed by atoms with E-state index < -0.39 is 0 Å². The molecule has 0 spiro atoms. The predicted octanol–water partition coefficient (Wildman–Crippen LogP) is 24.1. The fourth-order valence-corrected chi connectivity index (χ4v) is 15.5. The highest BCUT2D eigenvalue weighted by atomic mass is 15.0. The fraction of sp³-hybridized carbons (Fsp3) is 0. The smallest absolute Gasteiger partial charge is 0.0817 e. The summed E-state index contributed by atoms with van der Waals surface area (Å²) in [5.41, 5.74) is 21.0. The van der Waals surface area contributed by atoms with Gasteiger partial charge in [0.15, 0.2) is 0 Å². The normalized spacial score (nSPS) is 11.7. The molecule has 0 bridgehead atoms. The summed E-state index contributed by atoms with van der Waals surface area (Å²) in [6.07, 6.45) is 13.1. The topological polar surface area (TPSA) is 61.4 Å². The number of hydrogen-bond acceptors (Lipinski definition) is 4. The molecule has 0 radical (unpaired) electrons. The maximum atomic E-state index is 4.84. The summed E-state index contributed by atoms with van der Waals surface area (Å²) in [5.74, 6) is 0. The Hall–Kier alpha value is -13.2. The Bertz CT molecular complexity index is 6420. The first kappa shape index (κ1) is 56.4. The van der Waals surface area contributed by atoms with E-state index in [-0.39, 0.29) is 0 Å². The van der Waals surface area contributed by atoms with Gasteiger partial charge in [0.2, 0.25) is 0 Å². The van der Waals surface area contributed by atoms with Crippen molar-refractivity contribution in [1.82, 2.24) is 29.1 Å². The molecule has 0 amide bonds. The van der Waals surface area contributed by atoms with E-state index >= 15 is 0 Å². The lowest BCUT2D eigenvalue weighted by Gasteiger charge is -2.18. The molecule has 20 aromatic rings. The molecule has 0 unspecified atom stereocenters. The van der Waals surface area contributed by atoms with Crippen LogP contribution in [0, 0.1) is 0 Å². The molecule has 0 aliphatic rings. The highest BCUT2D eigenvalue weighted by Gasteiger charge is 2.22. The fourth-order valence-electron chi connectivity index (χ4n) is 15.5. The van der Waals surface area contributed by atoms with Gasteiger partial charge in [-0.1, -0.05) is 218 Å². The van der Waals surface area contributed by atoms with Gasteiger partial charge >= 0.3 is 0 Å². The molecule has 456 valence electrons. The van der Waals surface area contributed by atoms with Crippen LogP contribution >= 0.6 is 0 Å². The van der Waals surface area contributed by atoms with Gasteiger partial charge in [-0.15, -0.1) is 0 Å². The molecular formula is C92H58N6. The van der Waals surface area contributed by atoms with Crippen molar-refractivity contribution in [3.8, 4) is 78.3 Å². The molecule has 0 aliphatic heterocycles. The quantitative estimate of drug-likeness (QED) is 0.142. The Morgan fingerprint density at radius 1 is 0.204 bits per heavy atom. The molecule has 0 N–H and O–H groups in total. The number of para-hydroxylation sites is 1. The molecule has 6 nitrogen and oxygen atoms in total. The molecule has 0 aliphatic carbocycles. The van der Waals surface area contributed by atoms with E-state index in [2.05, 4.69) is 327 Å². The van der Waals surface area contributed by atoms with Gasteiger partial charge in [-0.2, -0.15) is 0 Å². The third kappa shape index (κ3) is 9.33. The monoisotopic (exact) mass is 1250 g/mol. The molecule has 14 aromatic carbocycles. The summed E-state index contributed by atoms with van der Waals surface area (Å²) in [5, 5.41) is 19.7. The van der Waals surface area contributed by atoms with Crippen molar-refractivity contribution in [1.29, 1.82) is 0 Å². The van der Waals surface area contributed by atoms with E-state index in [9.17, 15) is 0 Å². The molecule has 98 heavy (non-hydrogen) atoms. The Morgan fingerprint density at radius 3 is 1.13 bits per heavy atom. The minimum atomic E-state index is 0.946. The lowest BCUT2D eigenvalue weighted by Crippen LogP contribution is -1.95. The van der Waals surface area contributed by atoms with Crippen LogP contribution in [0.5, 0.6) is 0 Å². The third-order valence-corrected chi connectivity index (χ3v) is 19.9. The minimum Gasteiger partial charge on any atom is -0.309 e. The molecule has 0 saturated heterocycles. The minimum absolute atomic E-state index is 0.946. The van der Waals surface area contributed by atoms with Crippen molar-refractivity contribution >= 4 is 108 Å². The Balaban J connectivity index is 0.000000137. The van der Waals surface area contributed by atoms with Crippen molar-refractivity contribution < 1.29 is 0 Å². The Morgan fingerprint density at radius 2 is 0.612 bits per heavy atom. The predicted molar refractivity (Wildman–Crippen MR) is 410 cm³/mol. The zero-order chi connectivity index (χ0) is 64.6. The van der Waals surface area contributed by atoms with Crippen LogP contribution < -0.4 is 0 Å². The largest absolute Gasteiger partial charge is 0.309 e. The van der Waals surface area contributed by atoms with Gasteiger partial charge in [0, 0.05) is 81.9 Å². The van der Waals surface area contributed by atoms with Crippen molar-refractivity contribution in [2.45, 2.75) is 0 Å². The number of rotatable bonds is 8. The first-order valence-electron chi connectivity index (χ1n) is 33.3. The number of hydrogen-bond donors (Lipinski definition) is 0. The number of nitrogens with zero attached hydrogens (tertiary/aromatic N) is 6. The summed E-state index contributed by atoms with van der Waals surface area (Å²) < 4.78 is 4.71. The van der Waals surface area contributed by atoms with Crippen molar-refractivity contribution in [2.24, 2.45) is 0 Å². The maximum absolute atomic E-state index is 4.84. The first-order chi connectivity index (χ1) is 48.6. The molecule has 0 saturated carbocycles. The first-order valence-corrected chi connectivity index (χ1v) is 33.3. The van der Waals surface area contributed by atoms with E-state index in [0.717, 1.165) is 61.0 Å². The molecule has 0 fully saturated rings. The number of fused-ring (bicyclic) bond motifs is 12. The molecule has 6 aromatic heterocycles. The van der Waals surface area contributed by atoms with E-state index in [1.54, 1.807) is 6.20 Å². The molecule has 6 heterocycles. The van der Waals surface area contributed by atoms with Crippen LogP contribution in [0.1, 0.15) is 0 Å². The zero-order valence-electron chi connectivity index (χ0n) is 53.2. The number of aromatic nitrogens is 6. The number of benzene rings is 14. The summed E-state index contributed by atoms with van der Waals surface area (Å²) in [6, 6.07) is 112. The third-order valence-electron chi connectivity index (χ3n) is 19.9. The Labute approximate surface area is 564 Å². The van der Waals surface area contributed by atoms with Crippen molar-refractivity contribution in [3.05, 3.63) is 353 Å². The maximum Gasteiger partial charge on any atom is 0.0817 e. The van der Waals surface area contributed by atoms with Crippen LogP contribution in [0.15, 0.2) is 353 Å². The highest BCUT2D eigenvalue weighted by molar-refractivity contribution is 6.24. The lowest BCUT2D eigenvalue weighted by molar-refractivity contribution is 1.17. The lowest BCUT2D eigenvalue weighted by atomic mass is 9.85. The van der Waals surface area contributed by atoms with E-state index in [1.807, 2.05) is 43.2 Å². The van der Waals surface area contributed by atoms with Gasteiger partial charge in [0.05, 0.1) is 27.8 Å². The highest BCUT2D eigenvalue weighted by Crippen LogP contribution is 2.48. The second-order valence-electron chi connectivity index (χ2n) is 25.2. The van der Waals surface area contributed by atoms with Gasteiger partial charge in [-0.25, -0.2) is 0 Å².